The van der Waals surface area contributed by atoms with Gasteiger partial charge in [0.1, 0.15) is 0 Å². The summed E-state index contributed by atoms with van der Waals surface area (Å²) < 4.78 is 4.79. The third-order valence-corrected chi connectivity index (χ3v) is 10.2. The molecule has 0 saturated carbocycles. The van der Waals surface area contributed by atoms with Crippen LogP contribution < -0.4 is 0 Å². The maximum atomic E-state index is 5.03. The van der Waals surface area contributed by atoms with Crippen LogP contribution in [0.3, 0.4) is 0 Å². The summed E-state index contributed by atoms with van der Waals surface area (Å²) in [6.45, 7) is 4.71. The van der Waals surface area contributed by atoms with Crippen LogP contribution >= 0.6 is 0 Å². The average molecular weight is 630 g/mol. The summed E-state index contributed by atoms with van der Waals surface area (Å²) in [4.78, 5) is 15.0. The lowest BCUT2D eigenvalue weighted by atomic mass is 9.74. The van der Waals surface area contributed by atoms with E-state index in [9.17, 15) is 0 Å². The molecule has 232 valence electrons. The molecule has 6 aromatic carbocycles. The van der Waals surface area contributed by atoms with Crippen LogP contribution in [0.5, 0.6) is 0 Å². The van der Waals surface area contributed by atoms with E-state index >= 15 is 0 Å². The van der Waals surface area contributed by atoms with E-state index < -0.39 is 0 Å². The lowest BCUT2D eigenvalue weighted by Gasteiger charge is -2.34. The normalized spacial score (nSPS) is 13.3. The number of rotatable bonds is 4. The highest BCUT2D eigenvalue weighted by Crippen LogP contribution is 2.48. The number of fused-ring (bicyclic) bond motifs is 6. The summed E-state index contributed by atoms with van der Waals surface area (Å²) in [7, 11) is 0. The number of aromatic nitrogens is 5. The van der Waals surface area contributed by atoms with E-state index in [1.54, 1.807) is 0 Å². The van der Waals surface area contributed by atoms with Crippen molar-refractivity contribution in [2.45, 2.75) is 19.3 Å². The number of hydrogen-bond acceptors (Lipinski definition) is 3. The molecule has 0 radical (unpaired) electrons. The third-order valence-electron chi connectivity index (χ3n) is 10.2. The molecule has 5 nitrogen and oxygen atoms in total. The molecule has 9 aromatic rings. The van der Waals surface area contributed by atoms with Crippen molar-refractivity contribution in [2.24, 2.45) is 0 Å². The quantitative estimate of drug-likeness (QED) is 0.195. The Balaban J connectivity index is 1.22. The summed E-state index contributed by atoms with van der Waals surface area (Å²) in [6.07, 6.45) is 2.24. The van der Waals surface area contributed by atoms with Crippen LogP contribution in [0.4, 0.5) is 0 Å². The Kier molecular flexibility index (Phi) is 5.85. The molecule has 0 amide bonds. The Morgan fingerprint density at radius 1 is 0.490 bits per heavy atom. The van der Waals surface area contributed by atoms with E-state index in [1.165, 1.54) is 49.5 Å². The highest BCUT2D eigenvalue weighted by Gasteiger charge is 2.35. The molecule has 5 heteroatoms. The molecule has 0 unspecified atom stereocenters. The fourth-order valence-corrected chi connectivity index (χ4v) is 7.83. The molecule has 0 bridgehead atoms. The predicted octanol–water partition coefficient (Wildman–Crippen LogP) is 10.6. The summed E-state index contributed by atoms with van der Waals surface area (Å²) in [5.41, 5.74) is 11.3. The molecule has 0 spiro atoms. The smallest absolute Gasteiger partial charge is 0.164 e. The second-order valence-electron chi connectivity index (χ2n) is 13.3. The van der Waals surface area contributed by atoms with Gasteiger partial charge in [-0.2, -0.15) is 0 Å². The zero-order valence-corrected chi connectivity index (χ0v) is 27.2. The van der Waals surface area contributed by atoms with Gasteiger partial charge in [0.15, 0.2) is 17.5 Å². The van der Waals surface area contributed by atoms with Crippen LogP contribution in [0, 0.1) is 0 Å². The van der Waals surface area contributed by atoms with Crippen LogP contribution in [-0.2, 0) is 5.41 Å². The van der Waals surface area contributed by atoms with Gasteiger partial charge in [0, 0.05) is 55.8 Å². The maximum Gasteiger partial charge on any atom is 0.164 e. The van der Waals surface area contributed by atoms with Crippen molar-refractivity contribution in [1.29, 1.82) is 0 Å². The van der Waals surface area contributed by atoms with Gasteiger partial charge < -0.3 is 9.13 Å². The zero-order chi connectivity index (χ0) is 32.7. The van der Waals surface area contributed by atoms with Gasteiger partial charge in [-0.25, -0.2) is 15.0 Å². The molecule has 0 fully saturated rings. The average Bonchev–Trinajstić information content (AvgIpc) is 3.74. The maximum absolute atomic E-state index is 5.03. The van der Waals surface area contributed by atoms with Gasteiger partial charge in [-0.05, 0) is 47.5 Å². The highest BCUT2D eigenvalue weighted by atomic mass is 15.0. The largest absolute Gasteiger partial charge is 0.316 e. The van der Waals surface area contributed by atoms with Gasteiger partial charge in [-0.15, -0.1) is 0 Å². The lowest BCUT2D eigenvalue weighted by Crippen LogP contribution is -2.26. The minimum absolute atomic E-state index is 0.174. The van der Waals surface area contributed by atoms with Crippen molar-refractivity contribution in [3.63, 3.8) is 0 Å². The van der Waals surface area contributed by atoms with Crippen molar-refractivity contribution in [1.82, 2.24) is 24.1 Å². The minimum atomic E-state index is -0.174. The molecule has 4 heterocycles. The van der Waals surface area contributed by atoms with Crippen molar-refractivity contribution in [3.05, 3.63) is 163 Å². The first-order valence-corrected chi connectivity index (χ1v) is 16.7. The second kappa shape index (κ2) is 10.3. The van der Waals surface area contributed by atoms with Crippen LogP contribution in [0.2, 0.25) is 0 Å². The van der Waals surface area contributed by atoms with E-state index in [-0.39, 0.29) is 5.41 Å². The van der Waals surface area contributed by atoms with Gasteiger partial charge in [0.05, 0.1) is 16.6 Å². The predicted molar refractivity (Wildman–Crippen MR) is 199 cm³/mol. The number of benzene rings is 6. The van der Waals surface area contributed by atoms with Gasteiger partial charge >= 0.3 is 0 Å². The number of para-hydroxylation sites is 2. The molecular formula is C44H31N5. The van der Waals surface area contributed by atoms with Crippen molar-refractivity contribution >= 4 is 32.7 Å². The topological polar surface area (TPSA) is 48.5 Å². The molecule has 3 aromatic heterocycles. The molecule has 0 saturated heterocycles. The Hall–Kier alpha value is -6.33. The van der Waals surface area contributed by atoms with Crippen LogP contribution in [0.25, 0.3) is 78.2 Å². The summed E-state index contributed by atoms with van der Waals surface area (Å²) in [5, 5.41) is 3.78. The fraction of sp³-hybridized carbons (Fsp3) is 0.0682. The SMILES string of the molecule is CC1(C)c2ccccc2-n2ccc3c4c5ccccc5n(-c5cccc(-c6nc(-c7ccccc7)nc(-c7ccccc7)n6)c5)c4cc1c32. The first kappa shape index (κ1) is 27.8. The molecule has 10 rings (SSSR count). The molecule has 1 aliphatic heterocycles. The first-order valence-electron chi connectivity index (χ1n) is 16.7. The molecule has 0 N–H and O–H groups in total. The van der Waals surface area contributed by atoms with Crippen LogP contribution in [0.1, 0.15) is 25.0 Å². The Morgan fingerprint density at radius 2 is 1.10 bits per heavy atom. The van der Waals surface area contributed by atoms with Gasteiger partial charge in [-0.1, -0.05) is 123 Å². The van der Waals surface area contributed by atoms with E-state index in [0.29, 0.717) is 17.5 Å². The summed E-state index contributed by atoms with van der Waals surface area (Å²) in [6, 6.07) is 51.2. The summed E-state index contributed by atoms with van der Waals surface area (Å²) in [5.74, 6) is 1.95. The van der Waals surface area contributed by atoms with Crippen molar-refractivity contribution in [2.75, 3.05) is 0 Å². The zero-order valence-electron chi connectivity index (χ0n) is 27.2. The monoisotopic (exact) mass is 629 g/mol. The minimum Gasteiger partial charge on any atom is -0.316 e. The Bertz CT molecular complexity index is 2680. The molecule has 49 heavy (non-hydrogen) atoms. The Labute approximate surface area is 283 Å². The molecule has 1 aliphatic rings. The van der Waals surface area contributed by atoms with Gasteiger partial charge in [0.2, 0.25) is 0 Å². The number of hydrogen-bond donors (Lipinski definition) is 0. The van der Waals surface area contributed by atoms with Crippen molar-refractivity contribution in [3.8, 4) is 45.5 Å². The standard InChI is InChI=1S/C44H31N5/c1-44(2)34-21-10-12-23-37(34)48-25-24-33-39-32-20-9-11-22-36(32)49(38(39)27-35(44)40(33)48)31-19-13-18-30(26-31)43-46-41(28-14-5-3-6-15-28)45-42(47-43)29-16-7-4-8-17-29/h3-27H,1-2H3. The van der Waals surface area contributed by atoms with Crippen LogP contribution in [0.15, 0.2) is 152 Å². The first-order chi connectivity index (χ1) is 24.1. The van der Waals surface area contributed by atoms with Gasteiger partial charge in [0.25, 0.3) is 0 Å². The third kappa shape index (κ3) is 4.09. The Morgan fingerprint density at radius 3 is 1.84 bits per heavy atom. The van der Waals surface area contributed by atoms with Gasteiger partial charge in [-0.3, -0.25) is 0 Å². The fourth-order valence-electron chi connectivity index (χ4n) is 7.83. The lowest BCUT2D eigenvalue weighted by molar-refractivity contribution is 0.629. The molecular weight excluding hydrogens is 599 g/mol. The molecule has 0 aliphatic carbocycles. The summed E-state index contributed by atoms with van der Waals surface area (Å²) >= 11 is 0. The second-order valence-corrected chi connectivity index (χ2v) is 13.3. The highest BCUT2D eigenvalue weighted by molar-refractivity contribution is 6.22. The van der Waals surface area contributed by atoms with E-state index in [4.69, 9.17) is 15.0 Å². The van der Waals surface area contributed by atoms with Crippen molar-refractivity contribution < 1.29 is 0 Å². The van der Waals surface area contributed by atoms with E-state index in [0.717, 1.165) is 22.4 Å². The van der Waals surface area contributed by atoms with E-state index in [2.05, 4.69) is 114 Å². The number of nitrogens with zero attached hydrogens (tertiary/aromatic N) is 5. The van der Waals surface area contributed by atoms with Crippen LogP contribution in [-0.4, -0.2) is 24.1 Å². The molecule has 0 atom stereocenters. The van der Waals surface area contributed by atoms with E-state index in [1.807, 2.05) is 60.7 Å².